The van der Waals surface area contributed by atoms with Gasteiger partial charge in [-0.2, -0.15) is 0 Å². The minimum absolute atomic E-state index is 0.245. The molecule has 0 saturated heterocycles. The number of benzene rings is 1. The Morgan fingerprint density at radius 3 is 2.24 bits per heavy atom. The van der Waals surface area contributed by atoms with Crippen LogP contribution < -0.4 is 4.90 Å². The SMILES string of the molecule is CCCN(CCC)c1ccc([C@@H](C)O)cc1F. The lowest BCUT2D eigenvalue weighted by Gasteiger charge is -2.24. The fourth-order valence-corrected chi connectivity index (χ4v) is 1.93. The first-order chi connectivity index (χ1) is 8.10. The van der Waals surface area contributed by atoms with Crippen LogP contribution >= 0.6 is 0 Å². The molecule has 0 spiro atoms. The fourth-order valence-electron chi connectivity index (χ4n) is 1.93. The summed E-state index contributed by atoms with van der Waals surface area (Å²) in [5.41, 5.74) is 1.26. The van der Waals surface area contributed by atoms with Crippen LogP contribution in [0.25, 0.3) is 0 Å². The van der Waals surface area contributed by atoms with Gasteiger partial charge >= 0.3 is 0 Å². The third-order valence-electron chi connectivity index (χ3n) is 2.78. The van der Waals surface area contributed by atoms with Gasteiger partial charge in [-0.3, -0.25) is 0 Å². The standard InChI is InChI=1S/C14H22FNO/c1-4-8-16(9-5-2)14-7-6-12(11(3)17)10-13(14)15/h6-7,10-11,17H,4-5,8-9H2,1-3H3/t11-/m1/s1. The minimum atomic E-state index is -0.621. The number of halogens is 1. The molecule has 0 heterocycles. The summed E-state index contributed by atoms with van der Waals surface area (Å²) in [4.78, 5) is 2.06. The number of aliphatic hydroxyl groups excluding tert-OH is 1. The highest BCUT2D eigenvalue weighted by Gasteiger charge is 2.12. The van der Waals surface area contributed by atoms with Gasteiger partial charge in [0.05, 0.1) is 11.8 Å². The monoisotopic (exact) mass is 239 g/mol. The van der Waals surface area contributed by atoms with Gasteiger partial charge in [0.2, 0.25) is 0 Å². The summed E-state index contributed by atoms with van der Waals surface area (Å²) in [6.07, 6.45) is 1.37. The van der Waals surface area contributed by atoms with E-state index in [9.17, 15) is 9.50 Å². The molecule has 0 bridgehead atoms. The van der Waals surface area contributed by atoms with Crippen molar-refractivity contribution in [3.8, 4) is 0 Å². The Labute approximate surface area is 103 Å². The van der Waals surface area contributed by atoms with E-state index >= 15 is 0 Å². The molecular formula is C14H22FNO. The van der Waals surface area contributed by atoms with E-state index in [0.29, 0.717) is 11.3 Å². The van der Waals surface area contributed by atoms with Crippen LogP contribution in [-0.4, -0.2) is 18.2 Å². The summed E-state index contributed by atoms with van der Waals surface area (Å²) in [5, 5.41) is 9.40. The summed E-state index contributed by atoms with van der Waals surface area (Å²) in [7, 11) is 0. The molecule has 0 aliphatic carbocycles. The van der Waals surface area contributed by atoms with Gasteiger partial charge in [0.25, 0.3) is 0 Å². The average molecular weight is 239 g/mol. The topological polar surface area (TPSA) is 23.5 Å². The van der Waals surface area contributed by atoms with Crippen molar-refractivity contribution < 1.29 is 9.50 Å². The molecule has 96 valence electrons. The van der Waals surface area contributed by atoms with Gasteiger partial charge in [0.15, 0.2) is 0 Å². The molecule has 1 atom stereocenters. The van der Waals surface area contributed by atoms with Gasteiger partial charge in [-0.1, -0.05) is 19.9 Å². The Morgan fingerprint density at radius 1 is 1.24 bits per heavy atom. The molecule has 0 amide bonds. The molecule has 1 rings (SSSR count). The first kappa shape index (κ1) is 14.0. The second-order valence-corrected chi connectivity index (χ2v) is 4.37. The first-order valence-corrected chi connectivity index (χ1v) is 6.32. The Morgan fingerprint density at radius 2 is 1.82 bits per heavy atom. The highest BCUT2D eigenvalue weighted by atomic mass is 19.1. The third-order valence-corrected chi connectivity index (χ3v) is 2.78. The largest absolute Gasteiger partial charge is 0.389 e. The van der Waals surface area contributed by atoms with E-state index in [-0.39, 0.29) is 5.82 Å². The number of rotatable bonds is 6. The van der Waals surface area contributed by atoms with Gasteiger partial charge in [-0.15, -0.1) is 0 Å². The van der Waals surface area contributed by atoms with Gasteiger partial charge in [0, 0.05) is 13.1 Å². The van der Waals surface area contributed by atoms with Crippen LogP contribution in [0.2, 0.25) is 0 Å². The van der Waals surface area contributed by atoms with Crippen molar-refractivity contribution in [2.24, 2.45) is 0 Å². The first-order valence-electron chi connectivity index (χ1n) is 6.32. The Kier molecular flexibility index (Phi) is 5.42. The molecule has 0 aromatic heterocycles. The third kappa shape index (κ3) is 3.70. The molecule has 1 aromatic carbocycles. The van der Waals surface area contributed by atoms with Crippen LogP contribution in [0.1, 0.15) is 45.3 Å². The predicted molar refractivity (Wildman–Crippen MR) is 69.8 cm³/mol. The van der Waals surface area contributed by atoms with Crippen molar-refractivity contribution in [1.82, 2.24) is 0 Å². The average Bonchev–Trinajstić information content (AvgIpc) is 2.28. The molecule has 0 saturated carbocycles. The molecule has 0 aliphatic heterocycles. The van der Waals surface area contributed by atoms with Crippen molar-refractivity contribution in [3.63, 3.8) is 0 Å². The normalized spacial score (nSPS) is 12.5. The van der Waals surface area contributed by atoms with Gasteiger partial charge in [-0.05, 0) is 37.5 Å². The molecule has 1 N–H and O–H groups in total. The van der Waals surface area contributed by atoms with E-state index in [0.717, 1.165) is 25.9 Å². The Bertz CT molecular complexity index is 346. The number of hydrogen-bond acceptors (Lipinski definition) is 2. The van der Waals surface area contributed by atoms with Crippen LogP contribution in [0.5, 0.6) is 0 Å². The maximum Gasteiger partial charge on any atom is 0.146 e. The zero-order valence-corrected chi connectivity index (χ0v) is 10.9. The lowest BCUT2D eigenvalue weighted by molar-refractivity contribution is 0.199. The molecule has 1 aromatic rings. The summed E-state index contributed by atoms with van der Waals surface area (Å²) >= 11 is 0. The van der Waals surface area contributed by atoms with Crippen molar-refractivity contribution >= 4 is 5.69 Å². The van der Waals surface area contributed by atoms with Crippen LogP contribution in [0.4, 0.5) is 10.1 Å². The summed E-state index contributed by atoms with van der Waals surface area (Å²) in [6, 6.07) is 4.99. The van der Waals surface area contributed by atoms with Crippen molar-refractivity contribution in [2.45, 2.75) is 39.7 Å². The van der Waals surface area contributed by atoms with E-state index in [4.69, 9.17) is 0 Å². The number of anilines is 1. The summed E-state index contributed by atoms with van der Waals surface area (Å²) in [5.74, 6) is -0.245. The highest BCUT2D eigenvalue weighted by molar-refractivity contribution is 5.49. The quantitative estimate of drug-likeness (QED) is 0.821. The number of aliphatic hydroxyl groups is 1. The molecule has 17 heavy (non-hydrogen) atoms. The van der Waals surface area contributed by atoms with E-state index in [1.165, 1.54) is 6.07 Å². The molecule has 2 nitrogen and oxygen atoms in total. The van der Waals surface area contributed by atoms with Gasteiger partial charge < -0.3 is 10.0 Å². The Hall–Kier alpha value is -1.09. The lowest BCUT2D eigenvalue weighted by atomic mass is 10.1. The van der Waals surface area contributed by atoms with Crippen LogP contribution in [0, 0.1) is 5.82 Å². The van der Waals surface area contributed by atoms with Gasteiger partial charge in [0.1, 0.15) is 5.82 Å². The summed E-state index contributed by atoms with van der Waals surface area (Å²) < 4.78 is 14.0. The van der Waals surface area contributed by atoms with Crippen LogP contribution in [0.15, 0.2) is 18.2 Å². The zero-order chi connectivity index (χ0) is 12.8. The molecule has 0 radical (unpaired) electrons. The number of hydrogen-bond donors (Lipinski definition) is 1. The maximum absolute atomic E-state index is 14.0. The predicted octanol–water partition coefficient (Wildman–Crippen LogP) is 3.51. The van der Waals surface area contributed by atoms with E-state index in [1.807, 2.05) is 0 Å². The molecular weight excluding hydrogens is 217 g/mol. The maximum atomic E-state index is 14.0. The molecule has 0 unspecified atom stereocenters. The smallest absolute Gasteiger partial charge is 0.146 e. The molecule has 0 aliphatic rings. The van der Waals surface area contributed by atoms with Crippen LogP contribution in [0.3, 0.4) is 0 Å². The van der Waals surface area contributed by atoms with E-state index in [2.05, 4.69) is 18.7 Å². The van der Waals surface area contributed by atoms with Crippen molar-refractivity contribution in [2.75, 3.05) is 18.0 Å². The highest BCUT2D eigenvalue weighted by Crippen LogP contribution is 2.23. The van der Waals surface area contributed by atoms with Crippen molar-refractivity contribution in [3.05, 3.63) is 29.6 Å². The van der Waals surface area contributed by atoms with E-state index in [1.54, 1.807) is 19.1 Å². The lowest BCUT2D eigenvalue weighted by Crippen LogP contribution is -2.25. The summed E-state index contributed by atoms with van der Waals surface area (Å²) in [6.45, 7) is 7.54. The van der Waals surface area contributed by atoms with Gasteiger partial charge in [-0.25, -0.2) is 4.39 Å². The van der Waals surface area contributed by atoms with Crippen LogP contribution in [-0.2, 0) is 0 Å². The van der Waals surface area contributed by atoms with E-state index < -0.39 is 6.10 Å². The molecule has 3 heteroatoms. The Balaban J connectivity index is 2.95. The number of nitrogens with zero attached hydrogens (tertiary/aromatic N) is 1. The fraction of sp³-hybridized carbons (Fsp3) is 0.571. The molecule has 0 fully saturated rings. The second-order valence-electron chi connectivity index (χ2n) is 4.37. The minimum Gasteiger partial charge on any atom is -0.389 e. The van der Waals surface area contributed by atoms with Crippen molar-refractivity contribution in [1.29, 1.82) is 0 Å². The second kappa shape index (κ2) is 6.60. The zero-order valence-electron chi connectivity index (χ0n) is 10.9.